The van der Waals surface area contributed by atoms with Crippen LogP contribution in [0, 0.1) is 0 Å². The van der Waals surface area contributed by atoms with Gasteiger partial charge in [-0.1, -0.05) is 156 Å². The quantitative estimate of drug-likeness (QED) is 0.145. The molecule has 62 heavy (non-hydrogen) atoms. The fraction of sp³-hybridized carbons (Fsp3) is 0.200. The van der Waals surface area contributed by atoms with Crippen LogP contribution in [0.2, 0.25) is 0 Å². The summed E-state index contributed by atoms with van der Waals surface area (Å²) < 4.78 is 6.30. The Morgan fingerprint density at radius 2 is 1.37 bits per heavy atom. The van der Waals surface area contributed by atoms with Crippen molar-refractivity contribution in [1.29, 1.82) is 0 Å². The van der Waals surface area contributed by atoms with Crippen LogP contribution in [0.4, 0.5) is 11.4 Å². The van der Waals surface area contributed by atoms with E-state index in [9.17, 15) is 0 Å². The molecule has 1 aliphatic heterocycles. The summed E-state index contributed by atoms with van der Waals surface area (Å²) in [6.07, 6.45) is 25.4. The van der Waals surface area contributed by atoms with Gasteiger partial charge in [0.1, 0.15) is 5.75 Å². The number of benzene rings is 5. The molecule has 0 saturated carbocycles. The summed E-state index contributed by atoms with van der Waals surface area (Å²) in [5.41, 5.74) is 22.3. The van der Waals surface area contributed by atoms with Gasteiger partial charge in [0.05, 0.1) is 6.26 Å². The number of anilines is 2. The fourth-order valence-electron chi connectivity index (χ4n) is 10.4. The third kappa shape index (κ3) is 7.02. The first kappa shape index (κ1) is 40.7. The van der Waals surface area contributed by atoms with Crippen LogP contribution in [0.1, 0.15) is 101 Å². The molecular formula is C60H57NO. The Morgan fingerprint density at radius 1 is 0.677 bits per heavy atom. The average molecular weight is 808 g/mol. The summed E-state index contributed by atoms with van der Waals surface area (Å²) in [6, 6.07) is 38.3. The lowest BCUT2D eigenvalue weighted by Crippen LogP contribution is -2.17. The number of fused-ring (bicyclic) bond motifs is 4. The number of nitrogens with zero attached hydrogens (tertiary/aromatic N) is 1. The lowest BCUT2D eigenvalue weighted by molar-refractivity contribution is 0.473. The summed E-state index contributed by atoms with van der Waals surface area (Å²) in [6.45, 7) is 22.2. The van der Waals surface area contributed by atoms with Gasteiger partial charge >= 0.3 is 0 Å². The van der Waals surface area contributed by atoms with Gasteiger partial charge in [0.25, 0.3) is 0 Å². The van der Waals surface area contributed by atoms with E-state index in [2.05, 4.69) is 211 Å². The van der Waals surface area contributed by atoms with E-state index in [-0.39, 0.29) is 10.8 Å². The van der Waals surface area contributed by atoms with Crippen LogP contribution >= 0.6 is 0 Å². The molecule has 0 N–H and O–H groups in total. The van der Waals surface area contributed by atoms with Gasteiger partial charge in [0.2, 0.25) is 0 Å². The van der Waals surface area contributed by atoms with Gasteiger partial charge in [-0.15, -0.1) is 0 Å². The molecule has 0 atom stereocenters. The van der Waals surface area contributed by atoms with Crippen LogP contribution < -0.4 is 9.64 Å². The fourth-order valence-corrected chi connectivity index (χ4v) is 10.4. The Labute approximate surface area is 369 Å². The molecule has 4 aliphatic rings. The second-order valence-electron chi connectivity index (χ2n) is 18.0. The number of allylic oxidation sites excluding steroid dienone is 14. The highest BCUT2D eigenvalue weighted by Gasteiger charge is 2.38. The van der Waals surface area contributed by atoms with Crippen molar-refractivity contribution >= 4 is 33.7 Å². The smallest absolute Gasteiger partial charge is 0.141 e. The van der Waals surface area contributed by atoms with Gasteiger partial charge in [0, 0.05) is 39.5 Å². The van der Waals surface area contributed by atoms with E-state index in [0.717, 1.165) is 65.1 Å². The van der Waals surface area contributed by atoms with Crippen LogP contribution in [0.3, 0.4) is 0 Å². The number of rotatable bonds is 8. The Kier molecular flexibility index (Phi) is 10.7. The van der Waals surface area contributed by atoms with Crippen molar-refractivity contribution in [2.75, 3.05) is 4.90 Å². The van der Waals surface area contributed by atoms with Crippen LogP contribution in [0.15, 0.2) is 189 Å². The lowest BCUT2D eigenvalue weighted by Gasteiger charge is -2.26. The monoisotopic (exact) mass is 807 g/mol. The first-order valence-corrected chi connectivity index (χ1v) is 22.2. The Bertz CT molecular complexity index is 2840. The molecule has 0 radical (unpaired) electrons. The van der Waals surface area contributed by atoms with Crippen molar-refractivity contribution in [3.8, 4) is 28.0 Å². The summed E-state index contributed by atoms with van der Waals surface area (Å²) in [5, 5.41) is 0. The highest BCUT2D eigenvalue weighted by Crippen LogP contribution is 2.52. The molecule has 5 aromatic rings. The molecule has 0 bridgehead atoms. The van der Waals surface area contributed by atoms with E-state index in [1.807, 2.05) is 12.3 Å². The maximum Gasteiger partial charge on any atom is 0.141 e. The van der Waals surface area contributed by atoms with Crippen LogP contribution in [0.5, 0.6) is 5.75 Å². The van der Waals surface area contributed by atoms with Crippen LogP contribution in [-0.4, -0.2) is 0 Å². The molecule has 0 amide bonds. The van der Waals surface area contributed by atoms with E-state index >= 15 is 0 Å². The largest absolute Gasteiger partial charge is 0.464 e. The SMILES string of the molecule is C=C/C=C(\C=C/N(c1ccc(-c2ccc(-c3ccc4c(c3)C3=C(CCC=C3)C4(C)C)cc2)cc1)c1ccc2c(c1)C(C)(C)C(=C/C)/C2=C\C)c1cccc2c1O/C=C\CCC2=C. The van der Waals surface area contributed by atoms with Gasteiger partial charge in [-0.05, 0) is 154 Å². The predicted octanol–water partition coefficient (Wildman–Crippen LogP) is 16.7. The number of ether oxygens (including phenoxy) is 1. The first-order valence-electron chi connectivity index (χ1n) is 22.2. The third-order valence-electron chi connectivity index (χ3n) is 13.7. The van der Waals surface area contributed by atoms with Gasteiger partial charge < -0.3 is 9.64 Å². The molecule has 0 fully saturated rings. The summed E-state index contributed by atoms with van der Waals surface area (Å²) in [5.74, 6) is 0.818. The van der Waals surface area contributed by atoms with E-state index in [1.54, 1.807) is 5.57 Å². The molecule has 9 rings (SSSR count). The summed E-state index contributed by atoms with van der Waals surface area (Å²) in [7, 11) is 0. The molecule has 0 saturated heterocycles. The first-order chi connectivity index (χ1) is 30.0. The standard InChI is InChI=1S/C60H57NO/c1-9-17-44(50-21-16-20-49-40(4)18-14-15-37-62-58(49)50)35-36-61(47-32-33-52-48(10-2)54(11-3)59(5,6)57(52)39-47)46-30-27-42(28-31-46)41-23-25-43(26-24-41)45-29-34-56-53(38-45)51-19-12-13-22-55(51)60(56,7)8/h9-12,15-17,19-21,23-39H,1,4,13-14,18,22H2,2-3,5-8H3/b36-35-,37-15-,44-17+,48-10-,54-11+. The molecule has 0 aromatic heterocycles. The number of hydrogen-bond donors (Lipinski definition) is 0. The van der Waals surface area contributed by atoms with E-state index < -0.39 is 0 Å². The molecule has 0 spiro atoms. The Morgan fingerprint density at radius 3 is 2.10 bits per heavy atom. The minimum Gasteiger partial charge on any atom is -0.464 e. The van der Waals surface area contributed by atoms with Gasteiger partial charge in [0.15, 0.2) is 0 Å². The summed E-state index contributed by atoms with van der Waals surface area (Å²) in [4.78, 5) is 2.30. The minimum absolute atomic E-state index is 0.0893. The van der Waals surface area contributed by atoms with Crippen molar-refractivity contribution in [1.82, 2.24) is 0 Å². The second kappa shape index (κ2) is 16.3. The van der Waals surface area contributed by atoms with Gasteiger partial charge in [-0.3, -0.25) is 0 Å². The van der Waals surface area contributed by atoms with Gasteiger partial charge in [-0.2, -0.15) is 0 Å². The van der Waals surface area contributed by atoms with Crippen molar-refractivity contribution < 1.29 is 4.74 Å². The van der Waals surface area contributed by atoms with Crippen molar-refractivity contribution in [3.05, 3.63) is 222 Å². The normalized spacial score (nSPS) is 19.1. The number of hydrogen-bond acceptors (Lipinski definition) is 2. The molecule has 5 aromatic carbocycles. The molecular weight excluding hydrogens is 751 g/mol. The topological polar surface area (TPSA) is 12.5 Å². The highest BCUT2D eigenvalue weighted by atomic mass is 16.5. The average Bonchev–Trinajstić information content (AvgIpc) is 3.66. The van der Waals surface area contributed by atoms with E-state index in [0.29, 0.717) is 0 Å². The molecule has 308 valence electrons. The van der Waals surface area contributed by atoms with Crippen molar-refractivity contribution in [2.24, 2.45) is 0 Å². The molecule has 3 aliphatic carbocycles. The Hall–Kier alpha value is -6.64. The Balaban J connectivity index is 1.07. The predicted molar refractivity (Wildman–Crippen MR) is 266 cm³/mol. The molecule has 0 unspecified atom stereocenters. The molecule has 2 nitrogen and oxygen atoms in total. The van der Waals surface area contributed by atoms with Crippen molar-refractivity contribution in [3.63, 3.8) is 0 Å². The number of para-hydroxylation sites is 1. The lowest BCUT2D eigenvalue weighted by atomic mass is 9.78. The zero-order valence-electron chi connectivity index (χ0n) is 37.2. The zero-order valence-corrected chi connectivity index (χ0v) is 37.2. The van der Waals surface area contributed by atoms with E-state index in [1.165, 1.54) is 61.2 Å². The maximum absolute atomic E-state index is 6.30. The molecule has 2 heteroatoms. The highest BCUT2D eigenvalue weighted by molar-refractivity contribution is 5.92. The van der Waals surface area contributed by atoms with Gasteiger partial charge in [-0.25, -0.2) is 0 Å². The minimum atomic E-state index is -0.127. The van der Waals surface area contributed by atoms with E-state index in [4.69, 9.17) is 4.74 Å². The maximum atomic E-state index is 6.30. The van der Waals surface area contributed by atoms with Crippen LogP contribution in [0.25, 0.3) is 44.5 Å². The second-order valence-corrected chi connectivity index (χ2v) is 18.0. The third-order valence-corrected chi connectivity index (χ3v) is 13.7. The molecule has 1 heterocycles. The summed E-state index contributed by atoms with van der Waals surface area (Å²) >= 11 is 0. The van der Waals surface area contributed by atoms with Crippen molar-refractivity contribution in [2.45, 2.75) is 78.1 Å². The van der Waals surface area contributed by atoms with Crippen LogP contribution in [-0.2, 0) is 10.8 Å². The zero-order chi connectivity index (χ0) is 43.2.